The van der Waals surface area contributed by atoms with Gasteiger partial charge in [-0.1, -0.05) is 18.2 Å². The van der Waals surface area contributed by atoms with Gasteiger partial charge in [0.1, 0.15) is 5.69 Å². The standard InChI is InChI=1S/C19H17N3O4/c1-11(18(24)21-14-8-6-12(7-9-14)17(20)23)26-19(25)16-10-13-4-2-3-5-15(13)22-16/h2-11,22H,1H3,(H2,20,23)(H,21,24). The van der Waals surface area contributed by atoms with Crippen LogP contribution in [-0.2, 0) is 9.53 Å². The number of benzene rings is 2. The number of hydrogen-bond donors (Lipinski definition) is 3. The summed E-state index contributed by atoms with van der Waals surface area (Å²) in [5.41, 5.74) is 7.05. The number of aromatic amines is 1. The molecule has 1 unspecified atom stereocenters. The lowest BCUT2D eigenvalue weighted by Gasteiger charge is -2.13. The molecule has 4 N–H and O–H groups in total. The largest absolute Gasteiger partial charge is 0.448 e. The predicted octanol–water partition coefficient (Wildman–Crippen LogP) is 2.45. The maximum atomic E-state index is 12.2. The molecule has 1 heterocycles. The third-order valence-corrected chi connectivity index (χ3v) is 3.84. The molecule has 0 aliphatic rings. The summed E-state index contributed by atoms with van der Waals surface area (Å²) in [4.78, 5) is 38.4. The van der Waals surface area contributed by atoms with Gasteiger partial charge in [-0.25, -0.2) is 4.79 Å². The van der Waals surface area contributed by atoms with Crippen molar-refractivity contribution < 1.29 is 19.1 Å². The molecule has 0 spiro atoms. The molecule has 0 fully saturated rings. The number of amides is 2. The number of anilines is 1. The number of H-pyrrole nitrogens is 1. The third kappa shape index (κ3) is 3.72. The fraction of sp³-hybridized carbons (Fsp3) is 0.105. The number of hydrogen-bond acceptors (Lipinski definition) is 4. The van der Waals surface area contributed by atoms with E-state index in [2.05, 4.69) is 10.3 Å². The summed E-state index contributed by atoms with van der Waals surface area (Å²) in [6.07, 6.45) is -0.996. The second kappa shape index (κ2) is 7.10. The van der Waals surface area contributed by atoms with Crippen LogP contribution in [0, 0.1) is 0 Å². The Balaban J connectivity index is 1.62. The van der Waals surface area contributed by atoms with Crippen molar-refractivity contribution in [2.24, 2.45) is 5.73 Å². The number of para-hydroxylation sites is 1. The Labute approximate surface area is 149 Å². The average molecular weight is 351 g/mol. The van der Waals surface area contributed by atoms with E-state index in [1.807, 2.05) is 24.3 Å². The van der Waals surface area contributed by atoms with Gasteiger partial charge in [-0.3, -0.25) is 9.59 Å². The molecule has 0 saturated heterocycles. The first-order valence-corrected chi connectivity index (χ1v) is 7.93. The van der Waals surface area contributed by atoms with Crippen LogP contribution in [0.4, 0.5) is 5.69 Å². The smallest absolute Gasteiger partial charge is 0.355 e. The molecule has 7 heteroatoms. The summed E-state index contributed by atoms with van der Waals surface area (Å²) in [7, 11) is 0. The number of ether oxygens (including phenoxy) is 1. The molecule has 0 saturated carbocycles. The average Bonchev–Trinajstić information content (AvgIpc) is 3.06. The van der Waals surface area contributed by atoms with Crippen LogP contribution < -0.4 is 11.1 Å². The minimum Gasteiger partial charge on any atom is -0.448 e. The maximum absolute atomic E-state index is 12.2. The van der Waals surface area contributed by atoms with Crippen LogP contribution in [0.25, 0.3) is 10.9 Å². The van der Waals surface area contributed by atoms with Crippen LogP contribution in [0.2, 0.25) is 0 Å². The molecule has 3 aromatic rings. The van der Waals surface area contributed by atoms with Gasteiger partial charge in [0.25, 0.3) is 5.91 Å². The van der Waals surface area contributed by atoms with Gasteiger partial charge in [-0.2, -0.15) is 0 Å². The summed E-state index contributed by atoms with van der Waals surface area (Å²) in [6.45, 7) is 1.48. The quantitative estimate of drug-likeness (QED) is 0.613. The monoisotopic (exact) mass is 351 g/mol. The Hall–Kier alpha value is -3.61. The number of nitrogens with two attached hydrogens (primary N) is 1. The van der Waals surface area contributed by atoms with Crippen molar-refractivity contribution in [3.8, 4) is 0 Å². The van der Waals surface area contributed by atoms with Gasteiger partial charge < -0.3 is 20.8 Å². The zero-order chi connectivity index (χ0) is 18.7. The lowest BCUT2D eigenvalue weighted by atomic mass is 10.2. The minimum atomic E-state index is -0.996. The van der Waals surface area contributed by atoms with E-state index in [4.69, 9.17) is 10.5 Å². The number of carbonyl (C=O) groups is 3. The van der Waals surface area contributed by atoms with E-state index in [-0.39, 0.29) is 5.69 Å². The molecule has 0 aliphatic heterocycles. The second-order valence-electron chi connectivity index (χ2n) is 5.75. The Bertz CT molecular complexity index is 943. The molecule has 1 atom stereocenters. The van der Waals surface area contributed by atoms with Crippen molar-refractivity contribution >= 4 is 34.4 Å². The first-order valence-electron chi connectivity index (χ1n) is 7.93. The van der Waals surface area contributed by atoms with E-state index in [1.54, 1.807) is 18.2 Å². The summed E-state index contributed by atoms with van der Waals surface area (Å²) in [5.74, 6) is -1.65. The molecule has 2 aromatic carbocycles. The summed E-state index contributed by atoms with van der Waals surface area (Å²) < 4.78 is 5.21. The topological polar surface area (TPSA) is 114 Å². The van der Waals surface area contributed by atoms with Gasteiger partial charge in [0, 0.05) is 22.2 Å². The lowest BCUT2D eigenvalue weighted by Crippen LogP contribution is -2.30. The fourth-order valence-electron chi connectivity index (χ4n) is 2.42. The summed E-state index contributed by atoms with van der Waals surface area (Å²) >= 11 is 0. The van der Waals surface area contributed by atoms with E-state index >= 15 is 0 Å². The summed E-state index contributed by atoms with van der Waals surface area (Å²) in [6, 6.07) is 15.2. The summed E-state index contributed by atoms with van der Waals surface area (Å²) in [5, 5.41) is 3.49. The van der Waals surface area contributed by atoms with E-state index < -0.39 is 23.9 Å². The molecule has 132 valence electrons. The van der Waals surface area contributed by atoms with E-state index in [9.17, 15) is 14.4 Å². The van der Waals surface area contributed by atoms with Crippen LogP contribution >= 0.6 is 0 Å². The maximum Gasteiger partial charge on any atom is 0.355 e. The Morgan fingerprint density at radius 2 is 1.77 bits per heavy atom. The number of nitrogens with one attached hydrogen (secondary N) is 2. The minimum absolute atomic E-state index is 0.275. The normalized spacial score (nSPS) is 11.7. The van der Waals surface area contributed by atoms with Crippen LogP contribution in [0.3, 0.4) is 0 Å². The van der Waals surface area contributed by atoms with Gasteiger partial charge >= 0.3 is 5.97 Å². The number of rotatable bonds is 5. The first kappa shape index (κ1) is 17.2. The number of aromatic nitrogens is 1. The van der Waals surface area contributed by atoms with Crippen molar-refractivity contribution in [3.63, 3.8) is 0 Å². The van der Waals surface area contributed by atoms with Crippen LogP contribution in [0.1, 0.15) is 27.8 Å². The van der Waals surface area contributed by atoms with Crippen molar-refractivity contribution in [2.75, 3.05) is 5.32 Å². The molecular formula is C19H17N3O4. The highest BCUT2D eigenvalue weighted by molar-refractivity contribution is 5.99. The molecule has 2 amide bonds. The molecule has 0 aliphatic carbocycles. The van der Waals surface area contributed by atoms with Gasteiger partial charge in [0.05, 0.1) is 0 Å². The Kier molecular flexibility index (Phi) is 4.70. The zero-order valence-electron chi connectivity index (χ0n) is 14.0. The highest BCUT2D eigenvalue weighted by Crippen LogP contribution is 2.16. The van der Waals surface area contributed by atoms with Crippen LogP contribution in [0.5, 0.6) is 0 Å². The van der Waals surface area contributed by atoms with Crippen molar-refractivity contribution in [1.82, 2.24) is 4.98 Å². The highest BCUT2D eigenvalue weighted by atomic mass is 16.5. The SMILES string of the molecule is CC(OC(=O)c1cc2ccccc2[nH]1)C(=O)Nc1ccc(C(N)=O)cc1. The van der Waals surface area contributed by atoms with Crippen molar-refractivity contribution in [2.45, 2.75) is 13.0 Å². The van der Waals surface area contributed by atoms with E-state index in [0.717, 1.165) is 10.9 Å². The molecule has 1 aromatic heterocycles. The predicted molar refractivity (Wildman–Crippen MR) is 96.8 cm³/mol. The Morgan fingerprint density at radius 1 is 1.08 bits per heavy atom. The van der Waals surface area contributed by atoms with Gasteiger partial charge in [0.2, 0.25) is 5.91 Å². The number of primary amides is 1. The van der Waals surface area contributed by atoms with Crippen LogP contribution in [-0.4, -0.2) is 28.9 Å². The molecular weight excluding hydrogens is 334 g/mol. The highest BCUT2D eigenvalue weighted by Gasteiger charge is 2.20. The third-order valence-electron chi connectivity index (χ3n) is 3.84. The fourth-order valence-corrected chi connectivity index (χ4v) is 2.42. The van der Waals surface area contributed by atoms with Crippen molar-refractivity contribution in [1.29, 1.82) is 0 Å². The van der Waals surface area contributed by atoms with Gasteiger partial charge in [0.15, 0.2) is 6.10 Å². The molecule has 3 rings (SSSR count). The zero-order valence-corrected chi connectivity index (χ0v) is 14.0. The van der Waals surface area contributed by atoms with Gasteiger partial charge in [-0.05, 0) is 43.3 Å². The number of fused-ring (bicyclic) bond motifs is 1. The second-order valence-corrected chi connectivity index (χ2v) is 5.75. The molecule has 0 bridgehead atoms. The number of carbonyl (C=O) groups excluding carboxylic acids is 3. The Morgan fingerprint density at radius 3 is 2.42 bits per heavy atom. The molecule has 26 heavy (non-hydrogen) atoms. The van der Waals surface area contributed by atoms with Crippen LogP contribution in [0.15, 0.2) is 54.6 Å². The van der Waals surface area contributed by atoms with E-state index in [1.165, 1.54) is 19.1 Å². The molecule has 7 nitrogen and oxygen atoms in total. The van der Waals surface area contributed by atoms with Gasteiger partial charge in [-0.15, -0.1) is 0 Å². The van der Waals surface area contributed by atoms with Crippen molar-refractivity contribution in [3.05, 3.63) is 65.9 Å². The lowest BCUT2D eigenvalue weighted by molar-refractivity contribution is -0.123. The molecule has 0 radical (unpaired) electrons. The number of esters is 1. The van der Waals surface area contributed by atoms with E-state index in [0.29, 0.717) is 11.3 Å². The first-order chi connectivity index (χ1) is 12.4.